The van der Waals surface area contributed by atoms with Crippen LogP contribution >= 0.6 is 0 Å². The Balaban J connectivity index is 2.42. The number of para-hydroxylation sites is 1. The number of pyridine rings is 1. The Labute approximate surface area is 127 Å². The number of benzene rings is 1. The molecule has 0 unspecified atom stereocenters. The molecule has 0 amide bonds. The van der Waals surface area contributed by atoms with Crippen molar-refractivity contribution in [2.75, 3.05) is 0 Å². The molecule has 0 saturated carbocycles. The van der Waals surface area contributed by atoms with Crippen molar-refractivity contribution in [3.8, 4) is 11.4 Å². The zero-order chi connectivity index (χ0) is 15.7. The first kappa shape index (κ1) is 14.0. The van der Waals surface area contributed by atoms with Gasteiger partial charge >= 0.3 is 5.69 Å². The maximum atomic E-state index is 12.9. The van der Waals surface area contributed by atoms with Gasteiger partial charge in [-0.05, 0) is 38.1 Å². The Hall–Kier alpha value is -2.95. The van der Waals surface area contributed by atoms with Gasteiger partial charge in [-0.3, -0.25) is 14.3 Å². The van der Waals surface area contributed by atoms with Gasteiger partial charge in [0.05, 0.1) is 17.6 Å². The summed E-state index contributed by atoms with van der Waals surface area (Å²) in [6.07, 6.45) is 3.11. The normalized spacial score (nSPS) is 10.6. The minimum atomic E-state index is -0.396. The van der Waals surface area contributed by atoms with E-state index in [1.54, 1.807) is 36.7 Å². The summed E-state index contributed by atoms with van der Waals surface area (Å²) < 4.78 is 2.70. The Morgan fingerprint density at radius 1 is 0.864 bits per heavy atom. The molecule has 0 fully saturated rings. The van der Waals surface area contributed by atoms with Crippen LogP contribution in [-0.2, 0) is 0 Å². The van der Waals surface area contributed by atoms with E-state index >= 15 is 0 Å². The maximum absolute atomic E-state index is 12.9. The van der Waals surface area contributed by atoms with E-state index in [0.29, 0.717) is 16.9 Å². The van der Waals surface area contributed by atoms with E-state index in [2.05, 4.69) is 4.98 Å². The average Bonchev–Trinajstić information content (AvgIpc) is 2.55. The first-order valence-corrected chi connectivity index (χ1v) is 6.92. The van der Waals surface area contributed by atoms with Gasteiger partial charge in [0, 0.05) is 17.5 Å². The van der Waals surface area contributed by atoms with Gasteiger partial charge in [-0.2, -0.15) is 0 Å². The van der Waals surface area contributed by atoms with Crippen LogP contribution in [0.15, 0.2) is 64.4 Å². The number of hydrogen-bond acceptors (Lipinski definition) is 3. The van der Waals surface area contributed by atoms with Crippen molar-refractivity contribution in [1.29, 1.82) is 0 Å². The van der Waals surface area contributed by atoms with E-state index in [1.165, 1.54) is 6.20 Å². The van der Waals surface area contributed by atoms with Gasteiger partial charge in [-0.1, -0.05) is 18.2 Å². The third-order valence-electron chi connectivity index (χ3n) is 3.70. The molecule has 5 heteroatoms. The zero-order valence-corrected chi connectivity index (χ0v) is 12.4. The van der Waals surface area contributed by atoms with Gasteiger partial charge < -0.3 is 0 Å². The van der Waals surface area contributed by atoms with Crippen LogP contribution in [0.1, 0.15) is 11.3 Å². The van der Waals surface area contributed by atoms with Crippen molar-refractivity contribution < 1.29 is 0 Å². The lowest BCUT2D eigenvalue weighted by Gasteiger charge is -2.15. The van der Waals surface area contributed by atoms with Crippen molar-refractivity contribution in [2.24, 2.45) is 0 Å². The van der Waals surface area contributed by atoms with E-state index in [4.69, 9.17) is 0 Å². The summed E-state index contributed by atoms with van der Waals surface area (Å²) in [5.74, 6) is 0. The van der Waals surface area contributed by atoms with E-state index in [1.807, 2.05) is 30.3 Å². The Morgan fingerprint density at radius 2 is 1.55 bits per heavy atom. The van der Waals surface area contributed by atoms with E-state index in [9.17, 15) is 9.59 Å². The van der Waals surface area contributed by atoms with Gasteiger partial charge in [0.25, 0.3) is 5.56 Å². The molecule has 110 valence electrons. The SMILES string of the molecule is Cc1c(C)n(-c2ccccc2)c(=O)n(-c2cccnc2)c1=O. The molecule has 0 bridgehead atoms. The fourth-order valence-electron chi connectivity index (χ4n) is 2.42. The largest absolute Gasteiger partial charge is 0.340 e. The molecule has 0 saturated heterocycles. The first-order valence-electron chi connectivity index (χ1n) is 6.92. The average molecular weight is 293 g/mol. The molecule has 1 aromatic carbocycles. The van der Waals surface area contributed by atoms with Crippen molar-refractivity contribution in [3.05, 3.63) is 87.0 Å². The van der Waals surface area contributed by atoms with E-state index < -0.39 is 5.69 Å². The number of aromatic nitrogens is 3. The highest BCUT2D eigenvalue weighted by Crippen LogP contribution is 2.10. The smallest absolute Gasteiger partial charge is 0.268 e. The van der Waals surface area contributed by atoms with Gasteiger partial charge in [-0.25, -0.2) is 9.36 Å². The van der Waals surface area contributed by atoms with Crippen molar-refractivity contribution in [2.45, 2.75) is 13.8 Å². The third kappa shape index (κ3) is 2.16. The zero-order valence-electron chi connectivity index (χ0n) is 12.4. The van der Waals surface area contributed by atoms with Crippen LogP contribution in [0.3, 0.4) is 0 Å². The third-order valence-corrected chi connectivity index (χ3v) is 3.70. The molecular weight excluding hydrogens is 278 g/mol. The number of hydrogen-bond donors (Lipinski definition) is 0. The Morgan fingerprint density at radius 3 is 2.18 bits per heavy atom. The fraction of sp³-hybridized carbons (Fsp3) is 0.118. The molecule has 0 atom stereocenters. The fourth-order valence-corrected chi connectivity index (χ4v) is 2.42. The summed E-state index contributed by atoms with van der Waals surface area (Å²) in [5.41, 5.74) is 1.65. The lowest BCUT2D eigenvalue weighted by atomic mass is 10.2. The summed E-state index contributed by atoms with van der Waals surface area (Å²) in [6.45, 7) is 3.50. The van der Waals surface area contributed by atoms with Gasteiger partial charge in [0.1, 0.15) is 0 Å². The highest BCUT2D eigenvalue weighted by molar-refractivity contribution is 5.37. The molecule has 5 nitrogen and oxygen atoms in total. The summed E-state index contributed by atoms with van der Waals surface area (Å²) in [4.78, 5) is 29.4. The molecule has 0 aliphatic heterocycles. The van der Waals surface area contributed by atoms with Crippen molar-refractivity contribution in [1.82, 2.24) is 14.1 Å². The summed E-state index contributed by atoms with van der Waals surface area (Å²) >= 11 is 0. The van der Waals surface area contributed by atoms with Gasteiger partial charge in [-0.15, -0.1) is 0 Å². The van der Waals surface area contributed by atoms with Crippen LogP contribution in [-0.4, -0.2) is 14.1 Å². The minimum absolute atomic E-state index is 0.317. The standard InChI is InChI=1S/C17H15N3O2/c1-12-13(2)19(14-7-4-3-5-8-14)17(22)20(16(12)21)15-9-6-10-18-11-15/h3-11H,1-2H3. The summed E-state index contributed by atoms with van der Waals surface area (Å²) in [5, 5.41) is 0. The molecule has 0 aliphatic carbocycles. The van der Waals surface area contributed by atoms with Crippen LogP contribution in [0.4, 0.5) is 0 Å². The highest BCUT2D eigenvalue weighted by atomic mass is 16.2. The van der Waals surface area contributed by atoms with Crippen LogP contribution in [0.5, 0.6) is 0 Å². The molecule has 0 N–H and O–H groups in total. The lowest BCUT2D eigenvalue weighted by Crippen LogP contribution is -2.40. The molecule has 22 heavy (non-hydrogen) atoms. The predicted octanol–water partition coefficient (Wildman–Crippen LogP) is 2.00. The second-order valence-electron chi connectivity index (χ2n) is 5.02. The second kappa shape index (κ2) is 5.44. The molecule has 0 aliphatic rings. The van der Waals surface area contributed by atoms with E-state index in [-0.39, 0.29) is 5.56 Å². The summed E-state index contributed by atoms with van der Waals surface area (Å²) in [7, 11) is 0. The molecular formula is C17H15N3O2. The maximum Gasteiger partial charge on any atom is 0.340 e. The van der Waals surface area contributed by atoms with Crippen LogP contribution in [0.2, 0.25) is 0 Å². The Bertz CT molecular complexity index is 926. The van der Waals surface area contributed by atoms with Crippen LogP contribution in [0, 0.1) is 13.8 Å². The van der Waals surface area contributed by atoms with Crippen molar-refractivity contribution in [3.63, 3.8) is 0 Å². The predicted molar refractivity (Wildman–Crippen MR) is 84.9 cm³/mol. The van der Waals surface area contributed by atoms with Crippen molar-refractivity contribution >= 4 is 0 Å². The first-order chi connectivity index (χ1) is 10.6. The molecule has 2 aromatic heterocycles. The summed E-state index contributed by atoms with van der Waals surface area (Å²) in [6, 6.07) is 12.7. The monoisotopic (exact) mass is 293 g/mol. The quantitative estimate of drug-likeness (QED) is 0.726. The topological polar surface area (TPSA) is 56.9 Å². The highest BCUT2D eigenvalue weighted by Gasteiger charge is 2.15. The van der Waals surface area contributed by atoms with Crippen LogP contribution < -0.4 is 11.2 Å². The molecule has 2 heterocycles. The van der Waals surface area contributed by atoms with Gasteiger partial charge in [0.15, 0.2) is 0 Å². The van der Waals surface area contributed by atoms with Crippen LogP contribution in [0.25, 0.3) is 11.4 Å². The lowest BCUT2D eigenvalue weighted by molar-refractivity contribution is 0.761. The molecule has 3 rings (SSSR count). The number of rotatable bonds is 2. The van der Waals surface area contributed by atoms with E-state index in [0.717, 1.165) is 10.3 Å². The minimum Gasteiger partial charge on any atom is -0.268 e. The second-order valence-corrected chi connectivity index (χ2v) is 5.02. The molecule has 0 radical (unpaired) electrons. The molecule has 3 aromatic rings. The molecule has 0 spiro atoms. The van der Waals surface area contributed by atoms with Gasteiger partial charge in [0.2, 0.25) is 0 Å². The Kier molecular flexibility index (Phi) is 3.47. The number of nitrogens with zero attached hydrogens (tertiary/aromatic N) is 3.